The number of anilines is 1. The van der Waals surface area contributed by atoms with Gasteiger partial charge in [0.05, 0.1) is 33.7 Å². The number of carbonyl (C=O) groups is 1. The summed E-state index contributed by atoms with van der Waals surface area (Å²) in [6.45, 7) is 8.49. The molecule has 0 radical (unpaired) electrons. The Kier molecular flexibility index (Phi) is 6.19. The number of rotatable bonds is 5. The van der Waals surface area contributed by atoms with E-state index in [2.05, 4.69) is 44.8 Å². The zero-order valence-electron chi connectivity index (χ0n) is 18.9. The number of hydrogen-bond acceptors (Lipinski definition) is 7. The third kappa shape index (κ3) is 3.87. The van der Waals surface area contributed by atoms with Gasteiger partial charge in [0.25, 0.3) is 0 Å². The molecule has 2 aromatic rings. The third-order valence-corrected chi connectivity index (χ3v) is 8.48. The standard InChI is InChI=1S/C25H28N4OS2/c1-5-16-10-17(24(32-16)31-6-2)21-18(13-26)23(27)29(15-8-7-9-28-14-15)19-11-25(3,4)12-20(30)22(19)21/h7-10,14,21H,5-6,11-12,27H2,1-4H3. The monoisotopic (exact) mass is 464 g/mol. The summed E-state index contributed by atoms with van der Waals surface area (Å²) in [6.07, 6.45) is 5.53. The molecule has 5 nitrogen and oxygen atoms in total. The number of nitrogens with two attached hydrogens (primary N) is 1. The van der Waals surface area contributed by atoms with Crippen molar-refractivity contribution in [2.24, 2.45) is 11.1 Å². The van der Waals surface area contributed by atoms with Crippen LogP contribution >= 0.6 is 23.1 Å². The van der Waals surface area contributed by atoms with Gasteiger partial charge in [-0.1, -0.05) is 27.7 Å². The third-order valence-electron chi connectivity index (χ3n) is 6.00. The first-order valence-corrected chi connectivity index (χ1v) is 12.7. The maximum Gasteiger partial charge on any atom is 0.162 e. The van der Waals surface area contributed by atoms with E-state index in [1.54, 1.807) is 35.5 Å². The lowest BCUT2D eigenvalue weighted by Crippen LogP contribution is -2.42. The lowest BCUT2D eigenvalue weighted by atomic mass is 9.69. The zero-order valence-corrected chi connectivity index (χ0v) is 20.6. The Morgan fingerprint density at radius 3 is 2.78 bits per heavy atom. The van der Waals surface area contributed by atoms with Gasteiger partial charge in [-0.15, -0.1) is 23.1 Å². The van der Waals surface area contributed by atoms with Crippen LogP contribution in [0.1, 0.15) is 56.9 Å². The number of ketones is 1. The summed E-state index contributed by atoms with van der Waals surface area (Å²) in [7, 11) is 0. The number of aromatic nitrogens is 1. The molecule has 2 aliphatic rings. The fourth-order valence-corrected chi connectivity index (χ4v) is 7.04. The molecule has 32 heavy (non-hydrogen) atoms. The number of carbonyl (C=O) groups excluding carboxylic acids is 1. The van der Waals surface area contributed by atoms with Crippen molar-refractivity contribution in [3.8, 4) is 6.07 Å². The number of thioether (sulfide) groups is 1. The average molecular weight is 465 g/mol. The summed E-state index contributed by atoms with van der Waals surface area (Å²) < 4.78 is 1.18. The molecule has 2 aromatic heterocycles. The molecule has 1 atom stereocenters. The second-order valence-corrected chi connectivity index (χ2v) is 11.6. The maximum atomic E-state index is 13.6. The quantitative estimate of drug-likeness (QED) is 0.567. The van der Waals surface area contributed by atoms with Gasteiger partial charge < -0.3 is 5.73 Å². The van der Waals surface area contributed by atoms with Crippen LogP contribution in [0.5, 0.6) is 0 Å². The minimum Gasteiger partial charge on any atom is -0.384 e. The van der Waals surface area contributed by atoms with Crippen LogP contribution in [0.15, 0.2) is 57.5 Å². The second-order valence-electron chi connectivity index (χ2n) is 8.93. The fraction of sp³-hybridized carbons (Fsp3) is 0.400. The van der Waals surface area contributed by atoms with Gasteiger partial charge in [-0.2, -0.15) is 5.26 Å². The highest BCUT2D eigenvalue weighted by atomic mass is 32.2. The van der Waals surface area contributed by atoms with E-state index in [1.165, 1.54) is 9.09 Å². The molecule has 0 bridgehead atoms. The summed E-state index contributed by atoms with van der Waals surface area (Å²) in [5.41, 5.74) is 10.4. The van der Waals surface area contributed by atoms with E-state index >= 15 is 0 Å². The Balaban J connectivity index is 2.00. The first kappa shape index (κ1) is 22.6. The van der Waals surface area contributed by atoms with Crippen LogP contribution in [0.25, 0.3) is 0 Å². The van der Waals surface area contributed by atoms with Crippen molar-refractivity contribution in [2.45, 2.75) is 57.1 Å². The topological polar surface area (TPSA) is 83.0 Å². The molecule has 3 heterocycles. The number of allylic oxidation sites excluding steroid dienone is 3. The summed E-state index contributed by atoms with van der Waals surface area (Å²) in [5.74, 6) is 1.01. The fourth-order valence-electron chi connectivity index (χ4n) is 4.66. The minimum absolute atomic E-state index is 0.104. The van der Waals surface area contributed by atoms with Gasteiger partial charge in [-0.05, 0) is 47.8 Å². The number of aryl methyl sites for hydroxylation is 1. The SMILES string of the molecule is CCSc1sc(CC)cc1C1C(C#N)=C(N)N(c2cccnc2)C2=C1C(=O)CC(C)(C)C2. The Morgan fingerprint density at radius 1 is 1.38 bits per heavy atom. The summed E-state index contributed by atoms with van der Waals surface area (Å²) in [5, 5.41) is 10.3. The predicted molar refractivity (Wildman–Crippen MR) is 131 cm³/mol. The molecule has 2 N–H and O–H groups in total. The number of nitriles is 1. The lowest BCUT2D eigenvalue weighted by molar-refractivity contribution is -0.118. The molecule has 1 unspecified atom stereocenters. The highest BCUT2D eigenvalue weighted by Crippen LogP contribution is 2.52. The number of nitrogens with zero attached hydrogens (tertiary/aromatic N) is 3. The van der Waals surface area contributed by atoms with Crippen LogP contribution in [0.4, 0.5) is 5.69 Å². The Morgan fingerprint density at radius 2 is 2.16 bits per heavy atom. The van der Waals surface area contributed by atoms with E-state index in [0.717, 1.165) is 34.7 Å². The van der Waals surface area contributed by atoms with Crippen molar-refractivity contribution in [3.05, 3.63) is 63.7 Å². The number of hydrogen-bond donors (Lipinski definition) is 1. The summed E-state index contributed by atoms with van der Waals surface area (Å²) in [4.78, 5) is 21.0. The van der Waals surface area contributed by atoms with Gasteiger partial charge >= 0.3 is 0 Å². The highest BCUT2D eigenvalue weighted by molar-refractivity contribution is 8.01. The molecule has 0 amide bonds. The first-order chi connectivity index (χ1) is 15.3. The average Bonchev–Trinajstić information content (AvgIpc) is 3.15. The van der Waals surface area contributed by atoms with E-state index < -0.39 is 5.92 Å². The maximum absolute atomic E-state index is 13.6. The van der Waals surface area contributed by atoms with Crippen LogP contribution in [0.2, 0.25) is 0 Å². The predicted octanol–water partition coefficient (Wildman–Crippen LogP) is 5.76. The number of thiophene rings is 1. The van der Waals surface area contributed by atoms with Gasteiger partial charge in [0.2, 0.25) is 0 Å². The van der Waals surface area contributed by atoms with Crippen molar-refractivity contribution in [3.63, 3.8) is 0 Å². The van der Waals surface area contributed by atoms with Crippen molar-refractivity contribution in [1.82, 2.24) is 4.98 Å². The van der Waals surface area contributed by atoms with E-state index in [0.29, 0.717) is 24.2 Å². The van der Waals surface area contributed by atoms with Crippen molar-refractivity contribution in [2.75, 3.05) is 10.7 Å². The molecule has 0 saturated carbocycles. The molecule has 166 valence electrons. The van der Waals surface area contributed by atoms with Crippen LogP contribution < -0.4 is 10.6 Å². The summed E-state index contributed by atoms with van der Waals surface area (Å²) >= 11 is 3.53. The number of Topliss-reactive ketones (excluding diaryl/α,β-unsaturated/α-hetero) is 1. The van der Waals surface area contributed by atoms with E-state index in [9.17, 15) is 10.1 Å². The first-order valence-electron chi connectivity index (χ1n) is 10.9. The zero-order chi connectivity index (χ0) is 23.0. The van der Waals surface area contributed by atoms with Gasteiger partial charge in [0.1, 0.15) is 5.82 Å². The van der Waals surface area contributed by atoms with Crippen molar-refractivity contribution >= 4 is 34.6 Å². The molecule has 1 aliphatic carbocycles. The lowest BCUT2D eigenvalue weighted by Gasteiger charge is -2.43. The van der Waals surface area contributed by atoms with E-state index in [1.807, 2.05) is 17.0 Å². The van der Waals surface area contributed by atoms with Gasteiger partial charge in [0, 0.05) is 28.8 Å². The van der Waals surface area contributed by atoms with Crippen LogP contribution in [-0.2, 0) is 11.2 Å². The summed E-state index contributed by atoms with van der Waals surface area (Å²) in [6, 6.07) is 8.32. The van der Waals surface area contributed by atoms with E-state index in [4.69, 9.17) is 5.73 Å². The van der Waals surface area contributed by atoms with Gasteiger partial charge in [-0.3, -0.25) is 14.7 Å². The normalized spacial score (nSPS) is 20.4. The second kappa shape index (κ2) is 8.76. The Labute approximate surface area is 198 Å². The molecule has 0 spiro atoms. The smallest absolute Gasteiger partial charge is 0.162 e. The van der Waals surface area contributed by atoms with Crippen molar-refractivity contribution in [1.29, 1.82) is 5.26 Å². The van der Waals surface area contributed by atoms with Gasteiger partial charge in [-0.25, -0.2) is 0 Å². The van der Waals surface area contributed by atoms with Crippen molar-refractivity contribution < 1.29 is 4.79 Å². The molecule has 1 aliphatic heterocycles. The molecule has 0 saturated heterocycles. The highest BCUT2D eigenvalue weighted by Gasteiger charge is 2.45. The van der Waals surface area contributed by atoms with Crippen LogP contribution in [0.3, 0.4) is 0 Å². The number of pyridine rings is 1. The Hall–Kier alpha value is -2.56. The molecule has 0 aromatic carbocycles. The molecular weight excluding hydrogens is 436 g/mol. The van der Waals surface area contributed by atoms with E-state index in [-0.39, 0.29) is 11.2 Å². The molecule has 0 fully saturated rings. The largest absolute Gasteiger partial charge is 0.384 e. The Bertz CT molecular complexity index is 1150. The van der Waals surface area contributed by atoms with Gasteiger partial charge in [0.15, 0.2) is 5.78 Å². The molecule has 4 rings (SSSR count). The minimum atomic E-state index is -0.419. The van der Waals surface area contributed by atoms with Crippen LogP contribution in [-0.4, -0.2) is 16.5 Å². The van der Waals surface area contributed by atoms with Crippen LogP contribution in [0, 0.1) is 16.7 Å². The molecular formula is C25H28N4OS2. The molecule has 7 heteroatoms.